The summed E-state index contributed by atoms with van der Waals surface area (Å²) in [6.07, 6.45) is 1.28. The summed E-state index contributed by atoms with van der Waals surface area (Å²) in [6, 6.07) is 7.49. The Labute approximate surface area is 154 Å². The molecule has 26 heavy (non-hydrogen) atoms. The molecule has 0 radical (unpaired) electrons. The van der Waals surface area contributed by atoms with E-state index in [0.717, 1.165) is 29.8 Å². The van der Waals surface area contributed by atoms with Crippen molar-refractivity contribution >= 4 is 27.9 Å². The number of aromatic nitrogens is 2. The number of nitrogens with zero attached hydrogens (tertiary/aromatic N) is 2. The first-order valence-electron chi connectivity index (χ1n) is 8.55. The van der Waals surface area contributed by atoms with Crippen molar-refractivity contribution in [3.8, 4) is 11.3 Å². The third kappa shape index (κ3) is 2.93. The van der Waals surface area contributed by atoms with E-state index in [4.69, 9.17) is 4.74 Å². The van der Waals surface area contributed by atoms with Crippen molar-refractivity contribution in [2.75, 3.05) is 11.9 Å². The van der Waals surface area contributed by atoms with Crippen LogP contribution in [0.1, 0.15) is 24.1 Å². The molecular weight excluding hydrogens is 350 g/mol. The van der Waals surface area contributed by atoms with Crippen molar-refractivity contribution in [3.63, 3.8) is 0 Å². The molecule has 1 aliphatic rings. The fourth-order valence-electron chi connectivity index (χ4n) is 3.10. The zero-order chi connectivity index (χ0) is 18.3. The summed E-state index contributed by atoms with van der Waals surface area (Å²) in [7, 11) is 0. The summed E-state index contributed by atoms with van der Waals surface area (Å²) in [4.78, 5) is 30.1. The van der Waals surface area contributed by atoms with Crippen LogP contribution in [0.4, 0.5) is 5.69 Å². The SMILES string of the molecule is Cc1nc2scc(-c3cccc(NC(=O)C4CCCO4)c3)n2c(=O)c1C. The Balaban J connectivity index is 1.71. The van der Waals surface area contributed by atoms with E-state index < -0.39 is 0 Å². The van der Waals surface area contributed by atoms with Gasteiger partial charge in [-0.1, -0.05) is 12.1 Å². The summed E-state index contributed by atoms with van der Waals surface area (Å²) in [5.74, 6) is -0.125. The second kappa shape index (κ2) is 6.66. The number of ether oxygens (including phenoxy) is 1. The summed E-state index contributed by atoms with van der Waals surface area (Å²) in [5, 5.41) is 4.83. The maximum atomic E-state index is 12.7. The van der Waals surface area contributed by atoms with Crippen LogP contribution >= 0.6 is 11.3 Å². The molecule has 1 N–H and O–H groups in total. The van der Waals surface area contributed by atoms with Gasteiger partial charge in [0.05, 0.1) is 5.69 Å². The molecule has 1 aliphatic heterocycles. The van der Waals surface area contributed by atoms with Gasteiger partial charge in [-0.15, -0.1) is 11.3 Å². The van der Waals surface area contributed by atoms with Crippen LogP contribution in [0.25, 0.3) is 16.2 Å². The van der Waals surface area contributed by atoms with E-state index in [2.05, 4.69) is 10.3 Å². The van der Waals surface area contributed by atoms with E-state index in [9.17, 15) is 9.59 Å². The monoisotopic (exact) mass is 369 g/mol. The number of hydrogen-bond acceptors (Lipinski definition) is 5. The van der Waals surface area contributed by atoms with Crippen LogP contribution in [0.2, 0.25) is 0 Å². The molecule has 3 aromatic rings. The van der Waals surface area contributed by atoms with Crippen molar-refractivity contribution in [1.29, 1.82) is 0 Å². The maximum Gasteiger partial charge on any atom is 0.262 e. The molecule has 1 aromatic carbocycles. The zero-order valence-electron chi connectivity index (χ0n) is 14.6. The van der Waals surface area contributed by atoms with E-state index in [0.29, 0.717) is 22.8 Å². The lowest BCUT2D eigenvalue weighted by Gasteiger charge is -2.11. The van der Waals surface area contributed by atoms with Gasteiger partial charge < -0.3 is 10.1 Å². The summed E-state index contributed by atoms with van der Waals surface area (Å²) in [6.45, 7) is 4.27. The predicted octanol–water partition coefficient (Wildman–Crippen LogP) is 3.16. The van der Waals surface area contributed by atoms with Crippen molar-refractivity contribution in [3.05, 3.63) is 51.3 Å². The number of nitrogens with one attached hydrogen (secondary N) is 1. The van der Waals surface area contributed by atoms with E-state index in [-0.39, 0.29) is 17.6 Å². The second-order valence-corrected chi connectivity index (χ2v) is 7.27. The Hall–Kier alpha value is -2.51. The first-order valence-corrected chi connectivity index (χ1v) is 9.43. The number of hydrogen-bond donors (Lipinski definition) is 1. The Bertz CT molecular complexity index is 1050. The van der Waals surface area contributed by atoms with Gasteiger partial charge in [0.1, 0.15) is 6.10 Å². The summed E-state index contributed by atoms with van der Waals surface area (Å²) in [5.41, 5.74) is 3.66. The summed E-state index contributed by atoms with van der Waals surface area (Å²) < 4.78 is 7.06. The van der Waals surface area contributed by atoms with Crippen LogP contribution in [-0.4, -0.2) is 28.0 Å². The molecule has 1 atom stereocenters. The Kier molecular flexibility index (Phi) is 4.34. The van der Waals surface area contributed by atoms with E-state index in [1.54, 1.807) is 11.3 Å². The van der Waals surface area contributed by atoms with Crippen LogP contribution in [0.5, 0.6) is 0 Å². The zero-order valence-corrected chi connectivity index (χ0v) is 15.4. The fraction of sp³-hybridized carbons (Fsp3) is 0.316. The Morgan fingerprint density at radius 1 is 1.38 bits per heavy atom. The number of carbonyl (C=O) groups excluding carboxylic acids is 1. The van der Waals surface area contributed by atoms with E-state index in [1.807, 2.05) is 36.6 Å². The van der Waals surface area contributed by atoms with Gasteiger partial charge in [0, 0.05) is 34.5 Å². The highest BCUT2D eigenvalue weighted by Crippen LogP contribution is 2.27. The number of fused-ring (bicyclic) bond motifs is 1. The van der Waals surface area contributed by atoms with Crippen molar-refractivity contribution in [2.24, 2.45) is 0 Å². The van der Waals surface area contributed by atoms with E-state index in [1.165, 1.54) is 11.3 Å². The predicted molar refractivity (Wildman–Crippen MR) is 102 cm³/mol. The lowest BCUT2D eigenvalue weighted by atomic mass is 10.1. The molecule has 1 saturated heterocycles. The largest absolute Gasteiger partial charge is 0.368 e. The van der Waals surface area contributed by atoms with Crippen LogP contribution < -0.4 is 10.9 Å². The molecule has 1 amide bonds. The molecule has 4 rings (SSSR count). The number of rotatable bonds is 3. The molecule has 0 saturated carbocycles. The Morgan fingerprint density at radius 2 is 2.23 bits per heavy atom. The molecule has 2 aromatic heterocycles. The third-order valence-electron chi connectivity index (χ3n) is 4.69. The second-order valence-electron chi connectivity index (χ2n) is 6.44. The van der Waals surface area contributed by atoms with Gasteiger partial charge in [0.15, 0.2) is 4.96 Å². The van der Waals surface area contributed by atoms with Gasteiger partial charge in [0.2, 0.25) is 0 Å². The molecule has 0 bridgehead atoms. The number of anilines is 1. The normalized spacial score (nSPS) is 16.9. The molecule has 0 aliphatic carbocycles. The highest BCUT2D eigenvalue weighted by Gasteiger charge is 2.23. The fourth-order valence-corrected chi connectivity index (χ4v) is 4.03. The molecular formula is C19H19N3O3S. The molecule has 6 nitrogen and oxygen atoms in total. The first-order chi connectivity index (χ1) is 12.5. The molecule has 134 valence electrons. The molecule has 0 spiro atoms. The van der Waals surface area contributed by atoms with Crippen molar-refractivity contribution < 1.29 is 9.53 Å². The minimum absolute atomic E-state index is 0.0578. The van der Waals surface area contributed by atoms with Crippen molar-refractivity contribution in [2.45, 2.75) is 32.8 Å². The van der Waals surface area contributed by atoms with Gasteiger partial charge in [-0.05, 0) is 38.8 Å². The van der Waals surface area contributed by atoms with Gasteiger partial charge >= 0.3 is 0 Å². The topological polar surface area (TPSA) is 72.7 Å². The van der Waals surface area contributed by atoms with Gasteiger partial charge in [-0.2, -0.15) is 0 Å². The van der Waals surface area contributed by atoms with Crippen molar-refractivity contribution in [1.82, 2.24) is 9.38 Å². The quantitative estimate of drug-likeness (QED) is 0.770. The highest BCUT2D eigenvalue weighted by molar-refractivity contribution is 7.15. The lowest BCUT2D eigenvalue weighted by molar-refractivity contribution is -0.124. The molecule has 1 fully saturated rings. The number of benzene rings is 1. The average molecular weight is 369 g/mol. The number of thiazole rings is 1. The minimum Gasteiger partial charge on any atom is -0.368 e. The van der Waals surface area contributed by atoms with Crippen LogP contribution in [0.15, 0.2) is 34.4 Å². The third-order valence-corrected chi connectivity index (χ3v) is 5.51. The molecule has 3 heterocycles. The average Bonchev–Trinajstić information content (AvgIpc) is 3.30. The first kappa shape index (κ1) is 16.9. The van der Waals surface area contributed by atoms with Crippen LogP contribution in [0, 0.1) is 13.8 Å². The lowest BCUT2D eigenvalue weighted by Crippen LogP contribution is -2.26. The number of aryl methyl sites for hydroxylation is 1. The van der Waals surface area contributed by atoms with Crippen LogP contribution in [0.3, 0.4) is 0 Å². The maximum absolute atomic E-state index is 12.7. The minimum atomic E-state index is -0.377. The Morgan fingerprint density at radius 3 is 3.00 bits per heavy atom. The van der Waals surface area contributed by atoms with E-state index >= 15 is 0 Å². The number of amides is 1. The number of carbonyl (C=O) groups is 1. The van der Waals surface area contributed by atoms with Gasteiger partial charge in [0.25, 0.3) is 11.5 Å². The molecule has 7 heteroatoms. The van der Waals surface area contributed by atoms with Gasteiger partial charge in [-0.3, -0.25) is 14.0 Å². The molecule has 1 unspecified atom stereocenters. The van der Waals surface area contributed by atoms with Crippen LogP contribution in [-0.2, 0) is 9.53 Å². The standard InChI is InChI=1S/C19H19N3O3S/c1-11-12(2)20-19-22(18(11)24)15(10-26-19)13-5-3-6-14(9-13)21-17(23)16-7-4-8-25-16/h3,5-6,9-10,16H,4,7-8H2,1-2H3,(H,21,23). The van der Waals surface area contributed by atoms with Gasteiger partial charge in [-0.25, -0.2) is 4.98 Å². The summed E-state index contributed by atoms with van der Waals surface area (Å²) >= 11 is 1.43. The smallest absolute Gasteiger partial charge is 0.262 e. The highest BCUT2D eigenvalue weighted by atomic mass is 32.1.